The summed E-state index contributed by atoms with van der Waals surface area (Å²) < 4.78 is 0. The molecular weight excluding hydrogens is 274 g/mol. The lowest BCUT2D eigenvalue weighted by molar-refractivity contribution is -0.166. The van der Waals surface area contributed by atoms with Gasteiger partial charge >= 0.3 is 0 Å². The van der Waals surface area contributed by atoms with Gasteiger partial charge in [0.2, 0.25) is 11.8 Å². The number of carbonyl (C=O) groups is 3. The molecule has 4 atom stereocenters. The van der Waals surface area contributed by atoms with E-state index in [1.165, 1.54) is 0 Å². The van der Waals surface area contributed by atoms with Crippen molar-refractivity contribution >= 4 is 17.6 Å². The second kappa shape index (κ2) is 5.85. The van der Waals surface area contributed by atoms with E-state index in [1.54, 1.807) is 6.92 Å². The Hall–Kier alpha value is -1.27. The molecule has 1 aliphatic carbocycles. The standard InChI is InChI=1S/C15H23NO5/c1-8-3-9(2)14(20)15(21,7-8)11(17)4-10-5-12(18)16-13(19)6-10/h8-11,17,21H,3-7H2,1-2H3,(H,16,18,19)/t8-,9-,11-,15+/m0/s1. The molecule has 2 rings (SSSR count). The molecule has 21 heavy (non-hydrogen) atoms. The first kappa shape index (κ1) is 16.1. The zero-order chi connectivity index (χ0) is 15.8. The average molecular weight is 297 g/mol. The molecule has 3 N–H and O–H groups in total. The van der Waals surface area contributed by atoms with E-state index >= 15 is 0 Å². The highest BCUT2D eigenvalue weighted by molar-refractivity contribution is 5.97. The van der Waals surface area contributed by atoms with Crippen LogP contribution in [-0.4, -0.2) is 39.5 Å². The number of Topliss-reactive ketones (excluding diaryl/α,β-unsaturated/α-hetero) is 1. The Morgan fingerprint density at radius 1 is 1.24 bits per heavy atom. The van der Waals surface area contributed by atoms with E-state index in [-0.39, 0.29) is 61.0 Å². The van der Waals surface area contributed by atoms with Gasteiger partial charge in [-0.15, -0.1) is 0 Å². The number of aliphatic hydroxyl groups excluding tert-OH is 1. The van der Waals surface area contributed by atoms with Gasteiger partial charge in [-0.2, -0.15) is 0 Å². The highest BCUT2D eigenvalue weighted by Gasteiger charge is 2.49. The Kier molecular flexibility index (Phi) is 4.49. The second-order valence-electron chi connectivity index (χ2n) is 6.73. The van der Waals surface area contributed by atoms with Crippen LogP contribution in [-0.2, 0) is 14.4 Å². The largest absolute Gasteiger partial charge is 0.390 e. The minimum Gasteiger partial charge on any atom is -0.390 e. The van der Waals surface area contributed by atoms with Gasteiger partial charge in [-0.1, -0.05) is 13.8 Å². The predicted molar refractivity (Wildman–Crippen MR) is 74.0 cm³/mol. The van der Waals surface area contributed by atoms with E-state index < -0.39 is 11.7 Å². The summed E-state index contributed by atoms with van der Waals surface area (Å²) in [6.45, 7) is 3.70. The van der Waals surface area contributed by atoms with E-state index in [2.05, 4.69) is 5.32 Å². The summed E-state index contributed by atoms with van der Waals surface area (Å²) in [4.78, 5) is 34.9. The molecule has 0 aromatic rings. The highest BCUT2D eigenvalue weighted by atomic mass is 16.3. The highest BCUT2D eigenvalue weighted by Crippen LogP contribution is 2.37. The van der Waals surface area contributed by atoms with Crippen LogP contribution in [0.3, 0.4) is 0 Å². The first-order valence-corrected chi connectivity index (χ1v) is 7.49. The summed E-state index contributed by atoms with van der Waals surface area (Å²) in [5, 5.41) is 23.2. The average Bonchev–Trinajstić information content (AvgIpc) is 2.34. The van der Waals surface area contributed by atoms with Crippen LogP contribution in [0.5, 0.6) is 0 Å². The molecule has 2 amide bonds. The second-order valence-corrected chi connectivity index (χ2v) is 6.73. The maximum atomic E-state index is 12.2. The number of imide groups is 1. The fourth-order valence-electron chi connectivity index (χ4n) is 3.68. The van der Waals surface area contributed by atoms with Crippen molar-refractivity contribution in [2.45, 2.75) is 57.7 Å². The quantitative estimate of drug-likeness (QED) is 0.644. The van der Waals surface area contributed by atoms with E-state index in [9.17, 15) is 24.6 Å². The van der Waals surface area contributed by atoms with Crippen molar-refractivity contribution in [3.63, 3.8) is 0 Å². The number of carbonyl (C=O) groups excluding carboxylic acids is 3. The van der Waals surface area contributed by atoms with Gasteiger partial charge in [0, 0.05) is 18.8 Å². The maximum Gasteiger partial charge on any atom is 0.226 e. The molecule has 0 spiro atoms. The molecular formula is C15H23NO5. The summed E-state index contributed by atoms with van der Waals surface area (Å²) in [7, 11) is 0. The van der Waals surface area contributed by atoms with Gasteiger partial charge in [-0.25, -0.2) is 0 Å². The van der Waals surface area contributed by atoms with Crippen molar-refractivity contribution in [3.05, 3.63) is 0 Å². The Balaban J connectivity index is 2.07. The Labute approximate surface area is 123 Å². The van der Waals surface area contributed by atoms with Crippen LogP contribution in [0.25, 0.3) is 0 Å². The smallest absolute Gasteiger partial charge is 0.226 e. The lowest BCUT2D eigenvalue weighted by Crippen LogP contribution is -2.56. The lowest BCUT2D eigenvalue weighted by Gasteiger charge is -2.41. The Morgan fingerprint density at radius 2 is 1.81 bits per heavy atom. The SMILES string of the molecule is C[C@H]1C[C@H](C)C(=O)[C@](O)([C@@H](O)CC2CC(=O)NC(=O)C2)C1. The molecule has 1 saturated heterocycles. The third kappa shape index (κ3) is 3.32. The third-order valence-electron chi connectivity index (χ3n) is 4.62. The van der Waals surface area contributed by atoms with Crippen molar-refractivity contribution < 1.29 is 24.6 Å². The van der Waals surface area contributed by atoms with Gasteiger partial charge in [0.15, 0.2) is 5.78 Å². The molecule has 0 bridgehead atoms. The summed E-state index contributed by atoms with van der Waals surface area (Å²) >= 11 is 0. The third-order valence-corrected chi connectivity index (χ3v) is 4.62. The molecule has 118 valence electrons. The predicted octanol–water partition coefficient (Wildman–Crippen LogP) is 0.156. The number of rotatable bonds is 3. The van der Waals surface area contributed by atoms with Gasteiger partial charge < -0.3 is 10.2 Å². The van der Waals surface area contributed by atoms with E-state index in [0.717, 1.165) is 0 Å². The number of amides is 2. The first-order valence-electron chi connectivity index (χ1n) is 7.49. The van der Waals surface area contributed by atoms with Gasteiger partial charge in [0.1, 0.15) is 5.60 Å². The van der Waals surface area contributed by atoms with Crippen LogP contribution in [0.1, 0.15) is 46.0 Å². The van der Waals surface area contributed by atoms with Gasteiger partial charge in [0.25, 0.3) is 0 Å². The van der Waals surface area contributed by atoms with Crippen molar-refractivity contribution in [3.8, 4) is 0 Å². The number of aliphatic hydroxyl groups is 2. The summed E-state index contributed by atoms with van der Waals surface area (Å²) in [5.74, 6) is -1.54. The van der Waals surface area contributed by atoms with Crippen LogP contribution in [0.4, 0.5) is 0 Å². The van der Waals surface area contributed by atoms with E-state index in [1.807, 2.05) is 6.92 Å². The van der Waals surface area contributed by atoms with Crippen molar-refractivity contribution in [2.75, 3.05) is 0 Å². The van der Waals surface area contributed by atoms with Crippen molar-refractivity contribution in [1.82, 2.24) is 5.32 Å². The summed E-state index contributed by atoms with van der Waals surface area (Å²) in [6.07, 6.45) is 0.0541. The summed E-state index contributed by atoms with van der Waals surface area (Å²) in [6, 6.07) is 0. The van der Waals surface area contributed by atoms with Gasteiger partial charge in [-0.05, 0) is 31.1 Å². The number of hydrogen-bond donors (Lipinski definition) is 3. The van der Waals surface area contributed by atoms with Crippen LogP contribution < -0.4 is 5.32 Å². The zero-order valence-electron chi connectivity index (χ0n) is 12.5. The van der Waals surface area contributed by atoms with Crippen LogP contribution in [0.15, 0.2) is 0 Å². The fourth-order valence-corrected chi connectivity index (χ4v) is 3.68. The molecule has 1 aliphatic heterocycles. The molecule has 6 nitrogen and oxygen atoms in total. The molecule has 2 aliphatic rings. The molecule has 6 heteroatoms. The fraction of sp³-hybridized carbons (Fsp3) is 0.800. The van der Waals surface area contributed by atoms with Crippen LogP contribution in [0, 0.1) is 17.8 Å². The molecule has 2 fully saturated rings. The molecule has 1 heterocycles. The van der Waals surface area contributed by atoms with Gasteiger partial charge in [0.05, 0.1) is 6.10 Å². The number of ketones is 1. The monoisotopic (exact) mass is 297 g/mol. The van der Waals surface area contributed by atoms with E-state index in [4.69, 9.17) is 0 Å². The topological polar surface area (TPSA) is 104 Å². The number of hydrogen-bond acceptors (Lipinski definition) is 5. The first-order chi connectivity index (χ1) is 9.72. The Morgan fingerprint density at radius 3 is 2.38 bits per heavy atom. The maximum absolute atomic E-state index is 12.2. The van der Waals surface area contributed by atoms with Crippen LogP contribution in [0.2, 0.25) is 0 Å². The molecule has 0 unspecified atom stereocenters. The zero-order valence-corrected chi connectivity index (χ0v) is 12.5. The molecule has 1 saturated carbocycles. The van der Waals surface area contributed by atoms with E-state index in [0.29, 0.717) is 6.42 Å². The normalized spacial score (nSPS) is 36.5. The van der Waals surface area contributed by atoms with Crippen molar-refractivity contribution in [1.29, 1.82) is 0 Å². The minimum absolute atomic E-state index is 0.0842. The number of piperidine rings is 1. The molecule has 0 aromatic heterocycles. The van der Waals surface area contributed by atoms with Crippen LogP contribution >= 0.6 is 0 Å². The Bertz CT molecular complexity index is 447. The van der Waals surface area contributed by atoms with Gasteiger partial charge in [-0.3, -0.25) is 19.7 Å². The number of nitrogens with one attached hydrogen (secondary N) is 1. The minimum atomic E-state index is -1.76. The molecule has 0 aromatic carbocycles. The van der Waals surface area contributed by atoms with Crippen molar-refractivity contribution in [2.24, 2.45) is 17.8 Å². The lowest BCUT2D eigenvalue weighted by atomic mass is 9.68. The molecule has 0 radical (unpaired) electrons. The summed E-state index contributed by atoms with van der Waals surface area (Å²) in [5.41, 5.74) is -1.76.